The maximum Gasteiger partial charge on any atom is 0.337 e. The normalized spacial score (nSPS) is 10.5. The average molecular weight is 238 g/mol. The van der Waals surface area contributed by atoms with Gasteiger partial charge in [0.25, 0.3) is 6.43 Å². The van der Waals surface area contributed by atoms with E-state index in [9.17, 15) is 13.6 Å². The molecule has 0 saturated heterocycles. The molecule has 0 aliphatic rings. The van der Waals surface area contributed by atoms with Crippen LogP contribution >= 0.6 is 11.6 Å². The number of pyridine rings is 1. The zero-order valence-corrected chi connectivity index (χ0v) is 8.26. The van der Waals surface area contributed by atoms with Gasteiger partial charge in [0, 0.05) is 0 Å². The Kier molecular flexibility index (Phi) is 3.41. The minimum atomic E-state index is -2.88. The molecule has 1 rings (SSSR count). The molecule has 1 N–H and O–H groups in total. The van der Waals surface area contributed by atoms with Crippen LogP contribution in [-0.4, -0.2) is 23.2 Å². The van der Waals surface area contributed by atoms with Crippen molar-refractivity contribution in [1.29, 1.82) is 0 Å². The molecular weight excluding hydrogens is 232 g/mol. The molecule has 0 bridgehead atoms. The summed E-state index contributed by atoms with van der Waals surface area (Å²) < 4.78 is 29.2. The Labute approximate surface area is 88.4 Å². The van der Waals surface area contributed by atoms with Gasteiger partial charge in [-0.3, -0.25) is 0 Å². The SMILES string of the molecule is COc1nc(C(F)F)cc(C(=O)O)c1Cl. The molecule has 15 heavy (non-hydrogen) atoms. The van der Waals surface area contributed by atoms with Crippen molar-refractivity contribution in [3.63, 3.8) is 0 Å². The van der Waals surface area contributed by atoms with Crippen molar-refractivity contribution in [2.24, 2.45) is 0 Å². The molecule has 0 atom stereocenters. The molecule has 0 spiro atoms. The third kappa shape index (κ3) is 2.33. The fourth-order valence-corrected chi connectivity index (χ4v) is 1.18. The summed E-state index contributed by atoms with van der Waals surface area (Å²) in [5.74, 6) is -1.74. The van der Waals surface area contributed by atoms with Gasteiger partial charge in [0.05, 0.1) is 12.7 Å². The molecule has 0 saturated carbocycles. The summed E-state index contributed by atoms with van der Waals surface area (Å²) >= 11 is 5.57. The second-order valence-corrected chi connectivity index (χ2v) is 2.90. The van der Waals surface area contributed by atoms with Gasteiger partial charge in [-0.15, -0.1) is 0 Å². The van der Waals surface area contributed by atoms with Crippen LogP contribution in [0.4, 0.5) is 8.78 Å². The van der Waals surface area contributed by atoms with Gasteiger partial charge in [0.2, 0.25) is 5.88 Å². The predicted molar refractivity (Wildman–Crippen MR) is 47.7 cm³/mol. The molecule has 0 aliphatic heterocycles. The minimum absolute atomic E-state index is 0.297. The first-order valence-corrected chi connectivity index (χ1v) is 4.11. The van der Waals surface area contributed by atoms with Crippen LogP contribution in [0.5, 0.6) is 5.88 Å². The largest absolute Gasteiger partial charge is 0.480 e. The molecule has 0 fully saturated rings. The summed E-state index contributed by atoms with van der Waals surface area (Å²) in [7, 11) is 1.16. The van der Waals surface area contributed by atoms with Gasteiger partial charge in [0.1, 0.15) is 10.7 Å². The van der Waals surface area contributed by atoms with Crippen LogP contribution < -0.4 is 4.74 Å². The average Bonchev–Trinajstić information content (AvgIpc) is 2.17. The van der Waals surface area contributed by atoms with Crippen LogP contribution in [0.15, 0.2) is 6.07 Å². The molecule has 1 aromatic heterocycles. The topological polar surface area (TPSA) is 59.4 Å². The van der Waals surface area contributed by atoms with Crippen molar-refractivity contribution in [3.8, 4) is 5.88 Å². The lowest BCUT2D eigenvalue weighted by Crippen LogP contribution is -2.04. The van der Waals surface area contributed by atoms with Crippen molar-refractivity contribution < 1.29 is 23.4 Å². The van der Waals surface area contributed by atoms with Crippen LogP contribution in [0.1, 0.15) is 22.5 Å². The molecule has 0 radical (unpaired) electrons. The number of ether oxygens (including phenoxy) is 1. The number of carboxylic acid groups (broad SMARTS) is 1. The van der Waals surface area contributed by atoms with Crippen molar-refractivity contribution in [3.05, 3.63) is 22.3 Å². The summed E-state index contributed by atoms with van der Waals surface area (Å²) in [5, 5.41) is 8.38. The number of rotatable bonds is 3. The Bertz CT molecular complexity index is 398. The monoisotopic (exact) mass is 237 g/mol. The molecule has 0 aliphatic carbocycles. The lowest BCUT2D eigenvalue weighted by molar-refractivity contribution is 0.0695. The highest BCUT2D eigenvalue weighted by molar-refractivity contribution is 6.34. The van der Waals surface area contributed by atoms with Gasteiger partial charge in [-0.1, -0.05) is 11.6 Å². The molecule has 0 unspecified atom stereocenters. The number of nitrogens with zero attached hydrogens (tertiary/aromatic N) is 1. The van der Waals surface area contributed by atoms with Gasteiger partial charge < -0.3 is 9.84 Å². The van der Waals surface area contributed by atoms with Gasteiger partial charge in [-0.25, -0.2) is 18.6 Å². The molecular formula is C8H6ClF2NO3. The fraction of sp³-hybridized carbons (Fsp3) is 0.250. The summed E-state index contributed by atoms with van der Waals surface area (Å²) in [5.41, 5.74) is -1.15. The van der Waals surface area contributed by atoms with Gasteiger partial charge >= 0.3 is 5.97 Å². The molecule has 0 aromatic carbocycles. The van der Waals surface area contributed by atoms with Crippen LogP contribution in [0.25, 0.3) is 0 Å². The highest BCUT2D eigenvalue weighted by atomic mass is 35.5. The maximum absolute atomic E-state index is 12.3. The smallest absolute Gasteiger partial charge is 0.337 e. The summed E-state index contributed by atoms with van der Waals surface area (Å²) in [6.45, 7) is 0. The number of aromatic nitrogens is 1. The van der Waals surface area contributed by atoms with E-state index in [1.165, 1.54) is 0 Å². The Balaban J connectivity index is 3.38. The second-order valence-electron chi connectivity index (χ2n) is 2.52. The number of halogens is 3. The number of methoxy groups -OCH3 is 1. The van der Waals surface area contributed by atoms with Crippen molar-refractivity contribution in [1.82, 2.24) is 4.98 Å². The van der Waals surface area contributed by atoms with Crippen LogP contribution in [0.3, 0.4) is 0 Å². The Morgan fingerprint density at radius 3 is 2.67 bits per heavy atom. The summed E-state index contributed by atoms with van der Waals surface area (Å²) in [4.78, 5) is 14.0. The number of hydrogen-bond donors (Lipinski definition) is 1. The first-order chi connectivity index (χ1) is 6.97. The lowest BCUT2D eigenvalue weighted by atomic mass is 10.2. The van der Waals surface area contributed by atoms with E-state index < -0.39 is 23.7 Å². The number of carboxylic acids is 1. The van der Waals surface area contributed by atoms with Crippen LogP contribution in [0.2, 0.25) is 5.02 Å². The van der Waals surface area contributed by atoms with E-state index in [2.05, 4.69) is 9.72 Å². The van der Waals surface area contributed by atoms with Crippen molar-refractivity contribution >= 4 is 17.6 Å². The summed E-state index contributed by atoms with van der Waals surface area (Å²) in [6.07, 6.45) is -2.88. The third-order valence-electron chi connectivity index (χ3n) is 1.59. The molecule has 0 amide bonds. The number of aromatic carboxylic acids is 1. The van der Waals surface area contributed by atoms with Crippen molar-refractivity contribution in [2.75, 3.05) is 7.11 Å². The van der Waals surface area contributed by atoms with E-state index in [0.717, 1.165) is 13.2 Å². The standard InChI is InChI=1S/C8H6ClF2NO3/c1-15-7-5(9)3(8(13)14)2-4(12-7)6(10)11/h2,6H,1H3,(H,13,14). The zero-order chi connectivity index (χ0) is 11.6. The van der Waals surface area contributed by atoms with Gasteiger partial charge in [0.15, 0.2) is 0 Å². The quantitative estimate of drug-likeness (QED) is 0.877. The molecule has 82 valence electrons. The van der Waals surface area contributed by atoms with E-state index in [0.29, 0.717) is 0 Å². The Hall–Kier alpha value is -1.43. The maximum atomic E-state index is 12.3. The first-order valence-electron chi connectivity index (χ1n) is 3.73. The lowest BCUT2D eigenvalue weighted by Gasteiger charge is -2.07. The molecule has 7 heteroatoms. The fourth-order valence-electron chi connectivity index (χ4n) is 0.928. The third-order valence-corrected chi connectivity index (χ3v) is 1.96. The predicted octanol–water partition coefficient (Wildman–Crippen LogP) is 2.38. The number of alkyl halides is 2. The Morgan fingerprint density at radius 1 is 1.67 bits per heavy atom. The highest BCUT2D eigenvalue weighted by Crippen LogP contribution is 2.30. The number of hydrogen-bond acceptors (Lipinski definition) is 3. The van der Waals surface area contributed by atoms with E-state index in [1.54, 1.807) is 0 Å². The first kappa shape index (κ1) is 11.6. The highest BCUT2D eigenvalue weighted by Gasteiger charge is 2.20. The van der Waals surface area contributed by atoms with Crippen LogP contribution in [0, 0.1) is 0 Å². The van der Waals surface area contributed by atoms with Crippen LogP contribution in [-0.2, 0) is 0 Å². The van der Waals surface area contributed by atoms with E-state index in [1.807, 2.05) is 0 Å². The summed E-state index contributed by atoms with van der Waals surface area (Å²) in [6, 6.07) is 0.720. The van der Waals surface area contributed by atoms with E-state index in [-0.39, 0.29) is 10.9 Å². The molecule has 1 aromatic rings. The van der Waals surface area contributed by atoms with Gasteiger partial charge in [-0.05, 0) is 6.07 Å². The molecule has 1 heterocycles. The second kappa shape index (κ2) is 4.39. The van der Waals surface area contributed by atoms with E-state index >= 15 is 0 Å². The zero-order valence-electron chi connectivity index (χ0n) is 7.50. The minimum Gasteiger partial charge on any atom is -0.480 e. The van der Waals surface area contributed by atoms with Gasteiger partial charge in [-0.2, -0.15) is 0 Å². The van der Waals surface area contributed by atoms with Crippen molar-refractivity contribution in [2.45, 2.75) is 6.43 Å². The Morgan fingerprint density at radius 2 is 2.27 bits per heavy atom. The molecule has 4 nitrogen and oxygen atoms in total. The number of carbonyl (C=O) groups is 1. The van der Waals surface area contributed by atoms with E-state index in [4.69, 9.17) is 16.7 Å².